The minimum Gasteiger partial charge on any atom is -0.385 e. The van der Waals surface area contributed by atoms with Crippen LogP contribution >= 0.6 is 27.5 Å². The quantitative estimate of drug-likeness (QED) is 0.604. The Balaban J connectivity index is 1.79. The predicted octanol–water partition coefficient (Wildman–Crippen LogP) is 5.58. The number of nitrogens with zero attached hydrogens (tertiary/aromatic N) is 1. The van der Waals surface area contributed by atoms with Gasteiger partial charge in [-0.2, -0.15) is 0 Å². The highest BCUT2D eigenvalue weighted by atomic mass is 79.9. The molecular weight excluding hydrogens is 436 g/mol. The highest BCUT2D eigenvalue weighted by molar-refractivity contribution is 9.10. The second-order valence-corrected chi connectivity index (χ2v) is 9.03. The molecule has 2 heterocycles. The summed E-state index contributed by atoms with van der Waals surface area (Å²) < 4.78 is 6.29. The van der Waals surface area contributed by atoms with Gasteiger partial charge in [-0.25, -0.2) is 0 Å². The number of methoxy groups -OCH3 is 1. The lowest BCUT2D eigenvalue weighted by Gasteiger charge is -2.28. The summed E-state index contributed by atoms with van der Waals surface area (Å²) in [6.07, 6.45) is 8.27. The van der Waals surface area contributed by atoms with Crippen LogP contribution in [0.3, 0.4) is 0 Å². The lowest BCUT2D eigenvalue weighted by molar-refractivity contribution is 0.188. The number of halogens is 2. The van der Waals surface area contributed by atoms with Gasteiger partial charge in [0.15, 0.2) is 0 Å². The number of fused-ring (bicyclic) bond motifs is 2. The predicted molar refractivity (Wildman–Crippen MR) is 119 cm³/mol. The molecule has 28 heavy (non-hydrogen) atoms. The van der Waals surface area contributed by atoms with E-state index in [9.17, 15) is 0 Å². The van der Waals surface area contributed by atoms with Gasteiger partial charge < -0.3 is 10.1 Å². The highest BCUT2D eigenvalue weighted by Crippen LogP contribution is 2.39. The lowest BCUT2D eigenvalue weighted by atomic mass is 9.86. The van der Waals surface area contributed by atoms with Crippen molar-refractivity contribution in [3.05, 3.63) is 67.9 Å². The molecule has 1 unspecified atom stereocenters. The molecule has 5 heteroatoms. The fourth-order valence-electron chi connectivity index (χ4n) is 4.47. The topological polar surface area (TPSA) is 34.1 Å². The van der Waals surface area contributed by atoms with Crippen LogP contribution in [-0.4, -0.2) is 31.3 Å². The Morgan fingerprint density at radius 1 is 1.21 bits per heavy atom. The molecule has 1 aliphatic carbocycles. The molecule has 1 aromatic carbocycles. The van der Waals surface area contributed by atoms with E-state index in [1.165, 1.54) is 27.8 Å². The normalized spacial score (nSPS) is 21.8. The third kappa shape index (κ3) is 4.35. The third-order valence-electron chi connectivity index (χ3n) is 5.78. The van der Waals surface area contributed by atoms with Crippen LogP contribution in [0.1, 0.15) is 48.1 Å². The summed E-state index contributed by atoms with van der Waals surface area (Å²) in [6, 6.07) is 9.08. The number of rotatable bonds is 4. The Labute approximate surface area is 180 Å². The molecule has 1 aliphatic heterocycles. The summed E-state index contributed by atoms with van der Waals surface area (Å²) in [5.74, 6) is 0. The maximum Gasteiger partial charge on any atom is 0.0740 e. The SMILES string of the molecule is COCCCC1CC(=C2c3ccc(Cl)cc3CCc3cc(Br)cnc32)CCN1. The van der Waals surface area contributed by atoms with E-state index >= 15 is 0 Å². The monoisotopic (exact) mass is 460 g/mol. The number of aryl methyl sites for hydroxylation is 2. The number of benzene rings is 1. The van der Waals surface area contributed by atoms with Crippen LogP contribution in [0.2, 0.25) is 5.02 Å². The van der Waals surface area contributed by atoms with Crippen LogP contribution < -0.4 is 5.32 Å². The minimum absolute atomic E-state index is 0.504. The lowest BCUT2D eigenvalue weighted by Crippen LogP contribution is -2.35. The van der Waals surface area contributed by atoms with Crippen molar-refractivity contribution in [2.45, 2.75) is 44.6 Å². The summed E-state index contributed by atoms with van der Waals surface area (Å²) in [6.45, 7) is 1.84. The number of piperidine rings is 1. The van der Waals surface area contributed by atoms with Crippen LogP contribution in [0.4, 0.5) is 0 Å². The molecule has 2 aromatic rings. The summed E-state index contributed by atoms with van der Waals surface area (Å²) in [7, 11) is 1.77. The number of hydrogen-bond donors (Lipinski definition) is 1. The van der Waals surface area contributed by atoms with Crippen molar-refractivity contribution in [3.8, 4) is 0 Å². The smallest absolute Gasteiger partial charge is 0.0740 e. The molecule has 0 spiro atoms. The number of nitrogens with one attached hydrogen (secondary N) is 1. The van der Waals surface area contributed by atoms with Gasteiger partial charge in [-0.15, -0.1) is 0 Å². The van der Waals surface area contributed by atoms with Gasteiger partial charge in [0.2, 0.25) is 0 Å². The van der Waals surface area contributed by atoms with Crippen molar-refractivity contribution in [1.29, 1.82) is 0 Å². The Hall–Kier alpha value is -1.20. The van der Waals surface area contributed by atoms with Crippen molar-refractivity contribution < 1.29 is 4.74 Å². The van der Waals surface area contributed by atoms with Gasteiger partial charge in [-0.1, -0.05) is 23.2 Å². The first kappa shape index (κ1) is 20.1. The van der Waals surface area contributed by atoms with Crippen molar-refractivity contribution in [3.63, 3.8) is 0 Å². The molecule has 0 radical (unpaired) electrons. The Kier molecular flexibility index (Phi) is 6.52. The van der Waals surface area contributed by atoms with Crippen LogP contribution in [0.25, 0.3) is 5.57 Å². The zero-order valence-electron chi connectivity index (χ0n) is 16.2. The fourth-order valence-corrected chi connectivity index (χ4v) is 5.04. The Bertz CT molecular complexity index is 841. The molecule has 3 nitrogen and oxygen atoms in total. The fraction of sp³-hybridized carbons (Fsp3) is 0.435. The molecule has 1 saturated heterocycles. The van der Waals surface area contributed by atoms with E-state index in [4.69, 9.17) is 21.3 Å². The molecule has 2 aliphatic rings. The van der Waals surface area contributed by atoms with Gasteiger partial charge in [0, 0.05) is 41.0 Å². The molecule has 1 fully saturated rings. The first-order valence-electron chi connectivity index (χ1n) is 10.0. The summed E-state index contributed by atoms with van der Waals surface area (Å²) in [4.78, 5) is 4.88. The number of hydrogen-bond acceptors (Lipinski definition) is 3. The van der Waals surface area contributed by atoms with E-state index in [-0.39, 0.29) is 0 Å². The van der Waals surface area contributed by atoms with Gasteiger partial charge in [0.1, 0.15) is 0 Å². The van der Waals surface area contributed by atoms with Crippen LogP contribution in [-0.2, 0) is 17.6 Å². The van der Waals surface area contributed by atoms with Gasteiger partial charge in [-0.3, -0.25) is 4.98 Å². The van der Waals surface area contributed by atoms with E-state index in [1.54, 1.807) is 7.11 Å². The van der Waals surface area contributed by atoms with Crippen molar-refractivity contribution >= 4 is 33.1 Å². The molecule has 148 valence electrons. The van der Waals surface area contributed by atoms with Crippen LogP contribution in [0.5, 0.6) is 0 Å². The van der Waals surface area contributed by atoms with Gasteiger partial charge in [0.25, 0.3) is 0 Å². The average molecular weight is 462 g/mol. The summed E-state index contributed by atoms with van der Waals surface area (Å²) in [5.41, 5.74) is 7.96. The van der Waals surface area contributed by atoms with Gasteiger partial charge in [0.05, 0.1) is 5.69 Å². The van der Waals surface area contributed by atoms with E-state index in [2.05, 4.69) is 39.4 Å². The van der Waals surface area contributed by atoms with Crippen molar-refractivity contribution in [2.75, 3.05) is 20.3 Å². The number of pyridine rings is 1. The maximum atomic E-state index is 6.33. The van der Waals surface area contributed by atoms with E-state index < -0.39 is 0 Å². The molecule has 1 aromatic heterocycles. The summed E-state index contributed by atoms with van der Waals surface area (Å²) >= 11 is 9.93. The molecular formula is C23H26BrClN2O. The second kappa shape index (κ2) is 9.08. The Morgan fingerprint density at radius 3 is 2.93 bits per heavy atom. The van der Waals surface area contributed by atoms with E-state index in [1.807, 2.05) is 12.3 Å². The average Bonchev–Trinajstić information content (AvgIpc) is 2.85. The first-order valence-corrected chi connectivity index (χ1v) is 11.2. The van der Waals surface area contributed by atoms with E-state index in [0.29, 0.717) is 6.04 Å². The molecule has 0 saturated carbocycles. The van der Waals surface area contributed by atoms with Crippen molar-refractivity contribution in [1.82, 2.24) is 10.3 Å². The zero-order chi connectivity index (χ0) is 19.5. The molecule has 4 rings (SSSR count). The van der Waals surface area contributed by atoms with Gasteiger partial charge in [-0.05, 0) is 95.9 Å². The van der Waals surface area contributed by atoms with Crippen molar-refractivity contribution in [2.24, 2.45) is 0 Å². The molecule has 1 atom stereocenters. The second-order valence-electron chi connectivity index (χ2n) is 7.68. The van der Waals surface area contributed by atoms with Gasteiger partial charge >= 0.3 is 0 Å². The molecule has 0 bridgehead atoms. The summed E-state index contributed by atoms with van der Waals surface area (Å²) in [5, 5.41) is 4.50. The highest BCUT2D eigenvalue weighted by Gasteiger charge is 2.26. The molecule has 0 amide bonds. The van der Waals surface area contributed by atoms with Crippen LogP contribution in [0.15, 0.2) is 40.5 Å². The minimum atomic E-state index is 0.504. The number of ether oxygens (including phenoxy) is 1. The third-order valence-corrected chi connectivity index (χ3v) is 6.45. The zero-order valence-corrected chi connectivity index (χ0v) is 18.6. The molecule has 1 N–H and O–H groups in total. The largest absolute Gasteiger partial charge is 0.385 e. The maximum absolute atomic E-state index is 6.33. The number of aromatic nitrogens is 1. The van der Waals surface area contributed by atoms with E-state index in [0.717, 1.165) is 66.9 Å². The van der Waals surface area contributed by atoms with Crippen LogP contribution in [0, 0.1) is 0 Å². The first-order chi connectivity index (χ1) is 13.7. The standard InChI is InChI=1S/C23H26BrClN2O/c1-28-10-2-3-20-13-16(8-9-26-20)22-21-7-6-19(25)12-15(21)4-5-17-11-18(24)14-27-23(17)22/h6-7,11-12,14,20,26H,2-5,8-10,13H2,1H3. The Morgan fingerprint density at radius 2 is 2.07 bits per heavy atom.